The van der Waals surface area contributed by atoms with E-state index >= 15 is 0 Å². The van der Waals surface area contributed by atoms with Crippen molar-refractivity contribution in [1.29, 1.82) is 0 Å². The molecule has 0 aliphatic rings. The predicted molar refractivity (Wildman–Crippen MR) is 112 cm³/mol. The van der Waals surface area contributed by atoms with Gasteiger partial charge in [0.2, 0.25) is 0 Å². The van der Waals surface area contributed by atoms with Crippen LogP contribution in [0.3, 0.4) is 0 Å². The van der Waals surface area contributed by atoms with Crippen LogP contribution in [0.4, 0.5) is 0 Å². The van der Waals surface area contributed by atoms with Crippen molar-refractivity contribution in [2.45, 2.75) is 34.1 Å². The number of hydrogen-bond acceptors (Lipinski definition) is 0. The van der Waals surface area contributed by atoms with Gasteiger partial charge in [0.05, 0.1) is 0 Å². The number of aryl methyl sites for hydroxylation is 1. The molecule has 0 aromatic heterocycles. The van der Waals surface area contributed by atoms with E-state index in [9.17, 15) is 0 Å². The lowest BCUT2D eigenvalue weighted by molar-refractivity contribution is 1.29. The molecule has 0 aliphatic heterocycles. The molecule has 3 aromatic carbocycles. The van der Waals surface area contributed by atoms with Crippen LogP contribution in [0.25, 0.3) is 21.5 Å². The molecule has 25 heavy (non-hydrogen) atoms. The summed E-state index contributed by atoms with van der Waals surface area (Å²) in [7, 11) is 0. The molecular formula is C25H26. The smallest absolute Gasteiger partial charge is 0.00819 e. The average molecular weight is 326 g/mol. The van der Waals surface area contributed by atoms with E-state index in [2.05, 4.69) is 101 Å². The van der Waals surface area contributed by atoms with E-state index in [1.165, 1.54) is 43.8 Å². The molecule has 0 N–H and O–H groups in total. The largest absolute Gasteiger partial charge is 0.0874 e. The molecule has 0 nitrogen and oxygen atoms in total. The van der Waals surface area contributed by atoms with Crippen molar-refractivity contribution < 1.29 is 0 Å². The van der Waals surface area contributed by atoms with Crippen molar-refractivity contribution in [2.24, 2.45) is 0 Å². The van der Waals surface area contributed by atoms with E-state index in [0.717, 1.165) is 6.42 Å². The van der Waals surface area contributed by atoms with E-state index in [-0.39, 0.29) is 0 Å². The number of rotatable bonds is 4. The van der Waals surface area contributed by atoms with Crippen LogP contribution in [0.1, 0.15) is 31.9 Å². The summed E-state index contributed by atoms with van der Waals surface area (Å²) >= 11 is 0. The Balaban J connectivity index is 2.12. The van der Waals surface area contributed by atoms with Crippen LogP contribution in [0, 0.1) is 6.92 Å². The summed E-state index contributed by atoms with van der Waals surface area (Å²) in [5, 5.41) is 5.47. The second kappa shape index (κ2) is 7.53. The van der Waals surface area contributed by atoms with Gasteiger partial charge in [-0.05, 0) is 77.9 Å². The van der Waals surface area contributed by atoms with Crippen LogP contribution in [-0.2, 0) is 6.42 Å². The molecule has 0 heteroatoms. The lowest BCUT2D eigenvalue weighted by atomic mass is 9.91. The van der Waals surface area contributed by atoms with Crippen molar-refractivity contribution in [3.8, 4) is 0 Å². The highest BCUT2D eigenvalue weighted by Crippen LogP contribution is 2.32. The second-order valence-corrected chi connectivity index (χ2v) is 6.67. The van der Waals surface area contributed by atoms with Gasteiger partial charge in [0.1, 0.15) is 0 Å². The Morgan fingerprint density at radius 1 is 0.760 bits per heavy atom. The molecule has 0 amide bonds. The van der Waals surface area contributed by atoms with Gasteiger partial charge in [0, 0.05) is 0 Å². The van der Waals surface area contributed by atoms with Crippen LogP contribution < -0.4 is 0 Å². The summed E-state index contributed by atoms with van der Waals surface area (Å²) in [5.74, 6) is 0. The van der Waals surface area contributed by atoms with Crippen LogP contribution >= 0.6 is 0 Å². The van der Waals surface area contributed by atoms with Gasteiger partial charge in [-0.2, -0.15) is 0 Å². The van der Waals surface area contributed by atoms with Crippen molar-refractivity contribution >= 4 is 21.5 Å². The molecule has 0 atom stereocenters. The van der Waals surface area contributed by atoms with E-state index < -0.39 is 0 Å². The highest BCUT2D eigenvalue weighted by Gasteiger charge is 2.09. The first kappa shape index (κ1) is 17.2. The number of fused-ring (bicyclic) bond motifs is 2. The number of benzene rings is 3. The topological polar surface area (TPSA) is 0 Å². The first-order valence-electron chi connectivity index (χ1n) is 8.99. The van der Waals surface area contributed by atoms with Gasteiger partial charge >= 0.3 is 0 Å². The first-order valence-corrected chi connectivity index (χ1v) is 8.99. The molecule has 0 fully saturated rings. The predicted octanol–water partition coefficient (Wildman–Crippen LogP) is 7.31. The normalized spacial score (nSPS) is 13.3. The molecule has 126 valence electrons. The van der Waals surface area contributed by atoms with Gasteiger partial charge < -0.3 is 0 Å². The molecular weight excluding hydrogens is 300 g/mol. The molecule has 0 bridgehead atoms. The summed E-state index contributed by atoms with van der Waals surface area (Å²) < 4.78 is 0. The minimum absolute atomic E-state index is 0.946. The summed E-state index contributed by atoms with van der Waals surface area (Å²) in [6.07, 6.45) is 9.75. The quantitative estimate of drug-likeness (QED) is 0.348. The Kier molecular flexibility index (Phi) is 5.19. The van der Waals surface area contributed by atoms with E-state index in [1.54, 1.807) is 0 Å². The lowest BCUT2D eigenvalue weighted by Gasteiger charge is -2.13. The number of allylic oxidation sites excluding steroid dienone is 6. The minimum Gasteiger partial charge on any atom is -0.0874 e. The summed E-state index contributed by atoms with van der Waals surface area (Å²) in [5.41, 5.74) is 5.43. The van der Waals surface area contributed by atoms with E-state index in [1.807, 2.05) is 0 Å². The summed E-state index contributed by atoms with van der Waals surface area (Å²) in [6.45, 7) is 8.64. The maximum Gasteiger partial charge on any atom is -0.00819 e. The van der Waals surface area contributed by atoms with Crippen LogP contribution in [0.5, 0.6) is 0 Å². The van der Waals surface area contributed by atoms with Gasteiger partial charge in [0.15, 0.2) is 0 Å². The Hall–Kier alpha value is -2.60. The van der Waals surface area contributed by atoms with Crippen molar-refractivity contribution in [2.75, 3.05) is 0 Å². The molecule has 0 saturated heterocycles. The summed E-state index contributed by atoms with van der Waals surface area (Å²) in [4.78, 5) is 0. The molecule has 0 heterocycles. The molecule has 0 radical (unpaired) electrons. The monoisotopic (exact) mass is 326 g/mol. The second-order valence-electron chi connectivity index (χ2n) is 6.67. The average Bonchev–Trinajstić information content (AvgIpc) is 2.64. The molecule has 0 saturated carbocycles. The zero-order valence-corrected chi connectivity index (χ0v) is 15.6. The van der Waals surface area contributed by atoms with E-state index in [4.69, 9.17) is 0 Å². The zero-order chi connectivity index (χ0) is 17.8. The fourth-order valence-electron chi connectivity index (χ4n) is 3.52. The van der Waals surface area contributed by atoms with Crippen LogP contribution in [0.2, 0.25) is 0 Å². The Morgan fingerprint density at radius 2 is 1.24 bits per heavy atom. The van der Waals surface area contributed by atoms with Gasteiger partial charge in [-0.3, -0.25) is 0 Å². The number of hydrogen-bond donors (Lipinski definition) is 0. The standard InChI is InChI=1S/C25H26/c1-5-11-18(2)19(3)12-10-17-25-23-15-8-6-13-21(23)20(4)22-14-7-9-16-24(22)25/h5-16H,17H2,1-4H3. The Labute approximate surface area is 151 Å². The van der Waals surface area contributed by atoms with Crippen LogP contribution in [0.15, 0.2) is 84.0 Å². The summed E-state index contributed by atoms with van der Waals surface area (Å²) in [6, 6.07) is 17.6. The fraction of sp³-hybridized carbons (Fsp3) is 0.200. The van der Waals surface area contributed by atoms with E-state index in [0.29, 0.717) is 0 Å². The third-order valence-corrected chi connectivity index (χ3v) is 5.04. The highest BCUT2D eigenvalue weighted by molar-refractivity contribution is 6.05. The molecule has 0 aliphatic carbocycles. The molecule has 0 unspecified atom stereocenters. The maximum absolute atomic E-state index is 2.30. The van der Waals surface area contributed by atoms with Crippen LogP contribution in [-0.4, -0.2) is 0 Å². The van der Waals surface area contributed by atoms with Crippen molar-refractivity contribution in [3.05, 3.63) is 95.1 Å². The van der Waals surface area contributed by atoms with Gasteiger partial charge in [-0.15, -0.1) is 0 Å². The lowest BCUT2D eigenvalue weighted by Crippen LogP contribution is -1.92. The third-order valence-electron chi connectivity index (χ3n) is 5.04. The fourth-order valence-corrected chi connectivity index (χ4v) is 3.52. The first-order chi connectivity index (χ1) is 12.1. The Morgan fingerprint density at radius 3 is 1.76 bits per heavy atom. The SMILES string of the molecule is CC=CC(C)=C(C)C=CCc1c2ccccc2c(C)c2ccccc12. The highest BCUT2D eigenvalue weighted by atomic mass is 14.1. The van der Waals surface area contributed by atoms with Crippen molar-refractivity contribution in [1.82, 2.24) is 0 Å². The maximum atomic E-state index is 2.30. The molecule has 3 rings (SSSR count). The van der Waals surface area contributed by atoms with Gasteiger partial charge in [-0.25, -0.2) is 0 Å². The minimum atomic E-state index is 0.946. The zero-order valence-electron chi connectivity index (χ0n) is 15.6. The molecule has 0 spiro atoms. The molecule has 3 aromatic rings. The van der Waals surface area contributed by atoms with Crippen molar-refractivity contribution in [3.63, 3.8) is 0 Å². The van der Waals surface area contributed by atoms with Gasteiger partial charge in [-0.1, -0.05) is 72.8 Å². The third kappa shape index (κ3) is 3.44. The van der Waals surface area contributed by atoms with Gasteiger partial charge in [0.25, 0.3) is 0 Å². The Bertz CT molecular complexity index is 940.